The van der Waals surface area contributed by atoms with Gasteiger partial charge < -0.3 is 19.8 Å². The number of hydrogen-bond donors (Lipinski definition) is 2. The molecule has 1 aromatic heterocycles. The van der Waals surface area contributed by atoms with Gasteiger partial charge in [-0.25, -0.2) is 4.98 Å². The van der Waals surface area contributed by atoms with Gasteiger partial charge in [0.05, 0.1) is 15.6 Å². The van der Waals surface area contributed by atoms with Crippen LogP contribution in [0.15, 0.2) is 46.9 Å². The Hall–Kier alpha value is -3.57. The zero-order chi connectivity index (χ0) is 29.7. The van der Waals surface area contributed by atoms with Gasteiger partial charge in [-0.2, -0.15) is 13.2 Å². The van der Waals surface area contributed by atoms with Crippen molar-refractivity contribution < 1.29 is 36.7 Å². The van der Waals surface area contributed by atoms with Gasteiger partial charge in [0.15, 0.2) is 5.69 Å². The molecule has 4 rings (SSSR count). The maximum atomic E-state index is 13.6. The predicted octanol–water partition coefficient (Wildman–Crippen LogP) is 7.02. The van der Waals surface area contributed by atoms with Gasteiger partial charge in [0.25, 0.3) is 5.91 Å². The molecule has 1 aliphatic carbocycles. The standard InChI is InChI=1S/C28H26Cl2F3N3O5/c1-15(37)40-19-11-7-17(8-12-19)16-5-9-18(10-6-16)35-22(38)13-14-34-26(39)24-25(28(31,32)33)41-27(36-24)23-20(29)3-2-4-21(23)30/h2-6,9-10,17,19H,7-8,11-14H2,1H3,(H,34,39)(H,35,38). The number of halogens is 5. The Balaban J connectivity index is 1.31. The monoisotopic (exact) mass is 611 g/mol. The van der Waals surface area contributed by atoms with Crippen LogP contribution >= 0.6 is 23.2 Å². The summed E-state index contributed by atoms with van der Waals surface area (Å²) in [6.07, 6.45) is -1.90. The van der Waals surface area contributed by atoms with Crippen molar-refractivity contribution in [3.63, 3.8) is 0 Å². The van der Waals surface area contributed by atoms with Crippen LogP contribution in [-0.2, 0) is 20.5 Å². The Morgan fingerprint density at radius 3 is 2.24 bits per heavy atom. The third kappa shape index (κ3) is 7.80. The maximum absolute atomic E-state index is 13.6. The fraction of sp³-hybridized carbons (Fsp3) is 0.357. The number of nitrogens with zero attached hydrogens (tertiary/aromatic N) is 1. The summed E-state index contributed by atoms with van der Waals surface area (Å²) in [7, 11) is 0. The Bertz CT molecular complexity index is 1400. The number of aromatic nitrogens is 1. The third-order valence-electron chi connectivity index (χ3n) is 6.59. The highest BCUT2D eigenvalue weighted by molar-refractivity contribution is 6.38. The summed E-state index contributed by atoms with van der Waals surface area (Å²) in [4.78, 5) is 39.8. The van der Waals surface area contributed by atoms with E-state index in [1.165, 1.54) is 25.1 Å². The number of esters is 1. The van der Waals surface area contributed by atoms with Crippen LogP contribution in [0.2, 0.25) is 10.0 Å². The van der Waals surface area contributed by atoms with E-state index in [4.69, 9.17) is 32.4 Å². The van der Waals surface area contributed by atoms with Crippen LogP contribution in [0, 0.1) is 0 Å². The third-order valence-corrected chi connectivity index (χ3v) is 7.22. The van der Waals surface area contributed by atoms with Gasteiger partial charge >= 0.3 is 12.1 Å². The molecule has 1 heterocycles. The van der Waals surface area contributed by atoms with Crippen molar-refractivity contribution in [1.29, 1.82) is 0 Å². The Labute approximate surface area is 243 Å². The number of amides is 2. The number of nitrogens with one attached hydrogen (secondary N) is 2. The van der Waals surface area contributed by atoms with E-state index in [2.05, 4.69) is 15.6 Å². The number of hydrogen-bond acceptors (Lipinski definition) is 6. The highest BCUT2D eigenvalue weighted by Gasteiger charge is 2.42. The highest BCUT2D eigenvalue weighted by atomic mass is 35.5. The van der Waals surface area contributed by atoms with Gasteiger partial charge in [-0.05, 0) is 61.4 Å². The predicted molar refractivity (Wildman–Crippen MR) is 146 cm³/mol. The number of anilines is 1. The van der Waals surface area contributed by atoms with Crippen molar-refractivity contribution in [2.75, 3.05) is 11.9 Å². The molecule has 0 atom stereocenters. The number of rotatable bonds is 8. The zero-order valence-corrected chi connectivity index (χ0v) is 23.3. The van der Waals surface area contributed by atoms with Gasteiger partial charge in [0.1, 0.15) is 6.10 Å². The summed E-state index contributed by atoms with van der Waals surface area (Å²) < 4.78 is 50.9. The number of carbonyl (C=O) groups is 3. The molecule has 0 aliphatic heterocycles. The van der Waals surface area contributed by atoms with E-state index in [1.807, 2.05) is 12.1 Å². The largest absolute Gasteiger partial charge is 0.463 e. The molecule has 13 heteroatoms. The van der Waals surface area contributed by atoms with Crippen LogP contribution in [-0.4, -0.2) is 35.4 Å². The van der Waals surface area contributed by atoms with E-state index < -0.39 is 35.3 Å². The topological polar surface area (TPSA) is 111 Å². The van der Waals surface area contributed by atoms with Gasteiger partial charge in [-0.15, -0.1) is 0 Å². The number of carbonyl (C=O) groups excluding carboxylic acids is 3. The summed E-state index contributed by atoms with van der Waals surface area (Å²) in [5, 5.41) is 4.96. The molecular weight excluding hydrogens is 586 g/mol. The minimum absolute atomic E-state index is 0.00391. The minimum atomic E-state index is -5.02. The number of oxazole rings is 1. The summed E-state index contributed by atoms with van der Waals surface area (Å²) in [6, 6.07) is 11.6. The minimum Gasteiger partial charge on any atom is -0.463 e. The van der Waals surface area contributed by atoms with Gasteiger partial charge in [-0.1, -0.05) is 41.4 Å². The lowest BCUT2D eigenvalue weighted by Crippen LogP contribution is -2.29. The van der Waals surface area contributed by atoms with Gasteiger partial charge in [-0.3, -0.25) is 14.4 Å². The Morgan fingerprint density at radius 2 is 1.66 bits per heavy atom. The molecule has 2 amide bonds. The zero-order valence-electron chi connectivity index (χ0n) is 21.8. The van der Waals surface area contributed by atoms with E-state index in [9.17, 15) is 27.6 Å². The smallest absolute Gasteiger partial charge is 0.452 e. The summed E-state index contributed by atoms with van der Waals surface area (Å²) in [5.41, 5.74) is 0.569. The average molecular weight is 612 g/mol. The van der Waals surface area contributed by atoms with Crippen LogP contribution in [0.5, 0.6) is 0 Å². The number of benzene rings is 2. The van der Waals surface area contributed by atoms with Crippen LogP contribution < -0.4 is 10.6 Å². The molecule has 218 valence electrons. The highest BCUT2D eigenvalue weighted by Crippen LogP contribution is 2.39. The van der Waals surface area contributed by atoms with Crippen LogP contribution in [0.1, 0.15) is 66.8 Å². The molecule has 3 aromatic rings. The second kappa shape index (κ2) is 12.9. The van der Waals surface area contributed by atoms with E-state index in [0.717, 1.165) is 31.2 Å². The quantitative estimate of drug-likeness (QED) is 0.265. The number of alkyl halides is 3. The molecule has 1 aliphatic rings. The first-order chi connectivity index (χ1) is 19.4. The van der Waals surface area contributed by atoms with Crippen LogP contribution in [0.3, 0.4) is 0 Å². The fourth-order valence-electron chi connectivity index (χ4n) is 4.66. The molecule has 0 saturated heterocycles. The lowest BCUT2D eigenvalue weighted by Gasteiger charge is -2.28. The normalized spacial score (nSPS) is 17.1. The summed E-state index contributed by atoms with van der Waals surface area (Å²) in [5.74, 6) is -3.72. The van der Waals surface area contributed by atoms with Gasteiger partial charge in [0, 0.05) is 25.6 Å². The molecule has 1 saturated carbocycles. The molecule has 41 heavy (non-hydrogen) atoms. The Morgan fingerprint density at radius 1 is 1.02 bits per heavy atom. The molecule has 0 radical (unpaired) electrons. The fourth-order valence-corrected chi connectivity index (χ4v) is 5.22. The van der Waals surface area contributed by atoms with Crippen molar-refractivity contribution in [2.24, 2.45) is 0 Å². The summed E-state index contributed by atoms with van der Waals surface area (Å²) >= 11 is 12.1. The molecule has 0 bridgehead atoms. The molecule has 0 unspecified atom stereocenters. The van der Waals surface area contributed by atoms with E-state index in [-0.39, 0.29) is 40.6 Å². The van der Waals surface area contributed by atoms with Crippen molar-refractivity contribution in [3.8, 4) is 11.5 Å². The van der Waals surface area contributed by atoms with E-state index >= 15 is 0 Å². The lowest BCUT2D eigenvalue weighted by molar-refractivity contribution is -0.153. The van der Waals surface area contributed by atoms with E-state index in [0.29, 0.717) is 11.6 Å². The molecule has 2 N–H and O–H groups in total. The molecule has 2 aromatic carbocycles. The first-order valence-electron chi connectivity index (χ1n) is 12.8. The van der Waals surface area contributed by atoms with Crippen molar-refractivity contribution >= 4 is 46.7 Å². The lowest BCUT2D eigenvalue weighted by atomic mass is 9.82. The van der Waals surface area contributed by atoms with Gasteiger partial charge in [0.2, 0.25) is 17.6 Å². The van der Waals surface area contributed by atoms with Crippen LogP contribution in [0.25, 0.3) is 11.5 Å². The average Bonchev–Trinajstić information content (AvgIpc) is 3.35. The second-order valence-electron chi connectivity index (χ2n) is 9.55. The van der Waals surface area contributed by atoms with Crippen molar-refractivity contribution in [2.45, 2.75) is 57.2 Å². The summed E-state index contributed by atoms with van der Waals surface area (Å²) in [6.45, 7) is 1.16. The first-order valence-corrected chi connectivity index (χ1v) is 13.6. The van der Waals surface area contributed by atoms with Crippen molar-refractivity contribution in [1.82, 2.24) is 10.3 Å². The molecular formula is C28H26Cl2F3N3O5. The van der Waals surface area contributed by atoms with E-state index in [1.54, 1.807) is 12.1 Å². The second-order valence-corrected chi connectivity index (χ2v) is 10.4. The molecule has 0 spiro atoms. The van der Waals surface area contributed by atoms with Crippen LogP contribution in [0.4, 0.5) is 18.9 Å². The molecule has 1 fully saturated rings. The Kier molecular flexibility index (Phi) is 9.60. The SMILES string of the molecule is CC(=O)OC1CCC(c2ccc(NC(=O)CCNC(=O)c3nc(-c4c(Cl)cccc4Cl)oc3C(F)(F)F)cc2)CC1. The maximum Gasteiger partial charge on any atom is 0.452 e. The number of ether oxygens (including phenoxy) is 1. The first kappa shape index (κ1) is 30.4. The van der Waals surface area contributed by atoms with Crippen molar-refractivity contribution in [3.05, 3.63) is 69.5 Å². The molecule has 8 nitrogen and oxygen atoms in total.